The third kappa shape index (κ3) is 6.43. The third-order valence-corrected chi connectivity index (χ3v) is 2.06. The fraction of sp³-hybridized carbons (Fsp3) is 0.333. The maximum absolute atomic E-state index is 11.2. The number of carbonyl (C=O) groups is 1. The molecule has 4 N–H and O–H groups in total. The van der Waals surface area contributed by atoms with Gasteiger partial charge in [0.2, 0.25) is 5.91 Å². The summed E-state index contributed by atoms with van der Waals surface area (Å²) in [5, 5.41) is 5.57. The second-order valence-electron chi connectivity index (χ2n) is 3.65. The molecule has 0 heterocycles. The molecule has 1 amide bonds. The Balaban J connectivity index is 0.00000289. The van der Waals surface area contributed by atoms with E-state index < -0.39 is 0 Å². The molecule has 0 aliphatic heterocycles. The summed E-state index contributed by atoms with van der Waals surface area (Å²) in [4.78, 5) is 15.1. The van der Waals surface area contributed by atoms with E-state index in [2.05, 4.69) is 15.6 Å². The molecular weight excluding hydrogens is 343 g/mol. The van der Waals surface area contributed by atoms with E-state index in [1.807, 2.05) is 38.1 Å². The number of aliphatic imine (C=N–C) groups is 1. The van der Waals surface area contributed by atoms with Crippen molar-refractivity contribution in [2.24, 2.45) is 10.7 Å². The van der Waals surface area contributed by atoms with E-state index in [1.54, 1.807) is 0 Å². The Bertz CT molecular complexity index is 420. The van der Waals surface area contributed by atoms with Crippen LogP contribution in [0, 0.1) is 6.92 Å². The molecule has 0 aliphatic carbocycles. The van der Waals surface area contributed by atoms with E-state index in [0.717, 1.165) is 11.3 Å². The van der Waals surface area contributed by atoms with Crippen molar-refractivity contribution in [2.75, 3.05) is 18.4 Å². The highest BCUT2D eigenvalue weighted by molar-refractivity contribution is 14.0. The molecule has 1 aromatic carbocycles. The zero-order valence-corrected chi connectivity index (χ0v) is 12.9. The second-order valence-corrected chi connectivity index (χ2v) is 3.65. The number of hydrogen-bond acceptors (Lipinski definition) is 2. The molecule has 0 aliphatic rings. The second kappa shape index (κ2) is 8.73. The highest BCUT2D eigenvalue weighted by Gasteiger charge is 1.98. The monoisotopic (exact) mass is 362 g/mol. The first kappa shape index (κ1) is 16.7. The topological polar surface area (TPSA) is 79.5 Å². The molecule has 0 bridgehead atoms. The Morgan fingerprint density at radius 3 is 2.78 bits per heavy atom. The van der Waals surface area contributed by atoms with Crippen LogP contribution in [-0.4, -0.2) is 25.0 Å². The Kier molecular flexibility index (Phi) is 8.10. The number of carbonyl (C=O) groups excluding carboxylic acids is 1. The lowest BCUT2D eigenvalue weighted by Gasteiger charge is -2.06. The molecule has 18 heavy (non-hydrogen) atoms. The van der Waals surface area contributed by atoms with Gasteiger partial charge in [-0.2, -0.15) is 0 Å². The van der Waals surface area contributed by atoms with Gasteiger partial charge in [-0.3, -0.25) is 4.79 Å². The van der Waals surface area contributed by atoms with Crippen LogP contribution in [0.3, 0.4) is 0 Å². The van der Waals surface area contributed by atoms with Crippen molar-refractivity contribution in [3.8, 4) is 0 Å². The van der Waals surface area contributed by atoms with Crippen molar-refractivity contribution in [3.63, 3.8) is 0 Å². The van der Waals surface area contributed by atoms with Crippen molar-refractivity contribution in [2.45, 2.75) is 13.8 Å². The number of likely N-dealkylation sites (N-methyl/N-ethyl adjacent to an activating group) is 1. The Morgan fingerprint density at radius 1 is 1.44 bits per heavy atom. The van der Waals surface area contributed by atoms with Crippen molar-refractivity contribution >= 4 is 41.5 Å². The number of rotatable bonds is 4. The maximum Gasteiger partial charge on any atom is 0.241 e. The number of anilines is 1. The molecule has 0 spiro atoms. The van der Waals surface area contributed by atoms with Crippen LogP contribution in [0.25, 0.3) is 0 Å². The van der Waals surface area contributed by atoms with Gasteiger partial charge in [-0.1, -0.05) is 12.1 Å². The van der Waals surface area contributed by atoms with Gasteiger partial charge in [0, 0.05) is 12.2 Å². The van der Waals surface area contributed by atoms with Gasteiger partial charge in [0.25, 0.3) is 0 Å². The van der Waals surface area contributed by atoms with Crippen molar-refractivity contribution in [1.82, 2.24) is 5.32 Å². The van der Waals surface area contributed by atoms with E-state index in [0.29, 0.717) is 6.54 Å². The molecule has 5 nitrogen and oxygen atoms in total. The lowest BCUT2D eigenvalue weighted by Crippen LogP contribution is -2.28. The number of amides is 1. The quantitative estimate of drug-likeness (QED) is 0.431. The maximum atomic E-state index is 11.2. The molecule has 0 aromatic heterocycles. The largest absolute Gasteiger partial charge is 0.370 e. The van der Waals surface area contributed by atoms with Gasteiger partial charge in [-0.25, -0.2) is 4.99 Å². The van der Waals surface area contributed by atoms with E-state index >= 15 is 0 Å². The smallest absolute Gasteiger partial charge is 0.241 e. The summed E-state index contributed by atoms with van der Waals surface area (Å²) in [6.07, 6.45) is 0. The first-order valence-electron chi connectivity index (χ1n) is 5.52. The van der Waals surface area contributed by atoms with Gasteiger partial charge in [-0.05, 0) is 31.5 Å². The van der Waals surface area contributed by atoms with Crippen molar-refractivity contribution in [1.29, 1.82) is 0 Å². The molecule has 0 saturated carbocycles. The Hall–Kier alpha value is -1.31. The molecule has 0 saturated heterocycles. The highest BCUT2D eigenvalue weighted by atomic mass is 127. The average Bonchev–Trinajstić information content (AvgIpc) is 2.27. The number of nitrogens with one attached hydrogen (secondary N) is 2. The fourth-order valence-corrected chi connectivity index (χ4v) is 1.32. The normalized spacial score (nSPS) is 10.4. The minimum absolute atomic E-state index is 0. The van der Waals surface area contributed by atoms with Gasteiger partial charge in [0.15, 0.2) is 5.96 Å². The summed E-state index contributed by atoms with van der Waals surface area (Å²) in [6.45, 7) is 4.49. The molecule has 1 aromatic rings. The van der Waals surface area contributed by atoms with Gasteiger partial charge >= 0.3 is 0 Å². The standard InChI is InChI=1S/C12H18N4O.HI/c1-3-14-11(17)8-15-12(13)16-10-6-4-5-9(2)7-10;/h4-7H,3,8H2,1-2H3,(H,14,17)(H3,13,15,16);1H. The SMILES string of the molecule is CCNC(=O)CN=C(N)Nc1cccc(C)c1.I. The number of benzene rings is 1. The lowest BCUT2D eigenvalue weighted by molar-refractivity contribution is -0.119. The third-order valence-electron chi connectivity index (χ3n) is 2.06. The fourth-order valence-electron chi connectivity index (χ4n) is 1.32. The molecule has 0 atom stereocenters. The van der Waals surface area contributed by atoms with E-state index in [9.17, 15) is 4.79 Å². The molecule has 1 rings (SSSR count). The summed E-state index contributed by atoms with van der Waals surface area (Å²) in [7, 11) is 0. The first-order valence-corrected chi connectivity index (χ1v) is 5.52. The zero-order valence-electron chi connectivity index (χ0n) is 10.6. The number of halogens is 1. The van der Waals surface area contributed by atoms with Crippen LogP contribution in [0.1, 0.15) is 12.5 Å². The summed E-state index contributed by atoms with van der Waals surface area (Å²) in [5.41, 5.74) is 7.65. The van der Waals surface area contributed by atoms with E-state index in [-0.39, 0.29) is 42.4 Å². The number of guanidine groups is 1. The Labute approximate surface area is 124 Å². The van der Waals surface area contributed by atoms with Gasteiger partial charge in [0.1, 0.15) is 6.54 Å². The van der Waals surface area contributed by atoms with Gasteiger partial charge < -0.3 is 16.4 Å². The minimum atomic E-state index is -0.138. The van der Waals surface area contributed by atoms with E-state index in [4.69, 9.17) is 5.73 Å². The number of hydrogen-bond donors (Lipinski definition) is 3. The van der Waals surface area contributed by atoms with Crippen LogP contribution in [0.15, 0.2) is 29.3 Å². The van der Waals surface area contributed by atoms with Crippen LogP contribution in [-0.2, 0) is 4.79 Å². The predicted molar refractivity (Wildman–Crippen MR) is 85.4 cm³/mol. The molecule has 6 heteroatoms. The highest BCUT2D eigenvalue weighted by Crippen LogP contribution is 2.08. The van der Waals surface area contributed by atoms with Crippen LogP contribution in [0.4, 0.5) is 5.69 Å². The molecule has 0 unspecified atom stereocenters. The number of nitrogens with zero attached hydrogens (tertiary/aromatic N) is 1. The van der Waals surface area contributed by atoms with Crippen LogP contribution >= 0.6 is 24.0 Å². The van der Waals surface area contributed by atoms with E-state index in [1.165, 1.54) is 0 Å². The van der Waals surface area contributed by atoms with Crippen molar-refractivity contribution in [3.05, 3.63) is 29.8 Å². The summed E-state index contributed by atoms with van der Waals surface area (Å²) in [6, 6.07) is 7.76. The van der Waals surface area contributed by atoms with Gasteiger partial charge in [-0.15, -0.1) is 24.0 Å². The van der Waals surface area contributed by atoms with Crippen LogP contribution in [0.2, 0.25) is 0 Å². The van der Waals surface area contributed by atoms with Crippen molar-refractivity contribution < 1.29 is 4.79 Å². The molecule has 0 fully saturated rings. The molecular formula is C12H19IN4O. The predicted octanol–water partition coefficient (Wildman–Crippen LogP) is 1.48. The van der Waals surface area contributed by atoms with Crippen LogP contribution in [0.5, 0.6) is 0 Å². The first-order chi connectivity index (χ1) is 8.11. The average molecular weight is 362 g/mol. The molecule has 0 radical (unpaired) electrons. The zero-order chi connectivity index (χ0) is 12.7. The molecule has 100 valence electrons. The Morgan fingerprint density at radius 2 is 2.17 bits per heavy atom. The number of aryl methyl sites for hydroxylation is 1. The van der Waals surface area contributed by atoms with Gasteiger partial charge in [0.05, 0.1) is 0 Å². The lowest BCUT2D eigenvalue weighted by atomic mass is 10.2. The summed E-state index contributed by atoms with van der Waals surface area (Å²) >= 11 is 0. The summed E-state index contributed by atoms with van der Waals surface area (Å²) < 4.78 is 0. The number of nitrogens with two attached hydrogens (primary N) is 1. The minimum Gasteiger partial charge on any atom is -0.370 e. The van der Waals surface area contributed by atoms with Crippen LogP contribution < -0.4 is 16.4 Å². The summed E-state index contributed by atoms with van der Waals surface area (Å²) in [5.74, 6) is 0.100.